The zero-order valence-corrected chi connectivity index (χ0v) is 16.1. The number of hydrogen-bond donors (Lipinski definition) is 1. The number of para-hydroxylation sites is 2. The summed E-state index contributed by atoms with van der Waals surface area (Å²) in [6.07, 6.45) is 1.28. The number of sulfonamides is 1. The first-order valence-electron chi connectivity index (χ1n) is 8.71. The van der Waals surface area contributed by atoms with Gasteiger partial charge in [0.1, 0.15) is 0 Å². The Kier molecular flexibility index (Phi) is 4.80. The van der Waals surface area contributed by atoms with Gasteiger partial charge in [-0.25, -0.2) is 8.42 Å². The monoisotopic (exact) mass is 372 g/mol. The average molecular weight is 372 g/mol. The number of benzene rings is 2. The van der Waals surface area contributed by atoms with E-state index in [9.17, 15) is 13.2 Å². The van der Waals surface area contributed by atoms with Crippen LogP contribution in [0.15, 0.2) is 53.4 Å². The number of carbonyl (C=O) groups excluding carboxylic acids is 1. The maximum absolute atomic E-state index is 12.8. The van der Waals surface area contributed by atoms with Gasteiger partial charge in [-0.2, -0.15) is 0 Å². The molecule has 2 aromatic carbocycles. The summed E-state index contributed by atoms with van der Waals surface area (Å²) < 4.78 is 28.2. The summed E-state index contributed by atoms with van der Waals surface area (Å²) in [5, 5.41) is 0. The highest BCUT2D eigenvalue weighted by atomic mass is 32.2. The number of nitrogens with zero attached hydrogens (tertiary/aromatic N) is 1. The molecule has 0 aliphatic carbocycles. The minimum Gasteiger partial charge on any atom is -0.310 e. The largest absolute Gasteiger partial charge is 0.310 e. The summed E-state index contributed by atoms with van der Waals surface area (Å²) in [6, 6.07) is 13.9. The van der Waals surface area contributed by atoms with Crippen molar-refractivity contribution in [2.75, 3.05) is 16.2 Å². The van der Waals surface area contributed by atoms with Crippen molar-refractivity contribution in [3.63, 3.8) is 0 Å². The molecule has 5 nitrogen and oxygen atoms in total. The van der Waals surface area contributed by atoms with Gasteiger partial charge in [-0.3, -0.25) is 9.52 Å². The number of rotatable bonds is 4. The molecule has 2 aromatic rings. The van der Waals surface area contributed by atoms with Crippen LogP contribution in [0.3, 0.4) is 0 Å². The molecule has 138 valence electrons. The van der Waals surface area contributed by atoms with E-state index in [4.69, 9.17) is 0 Å². The lowest BCUT2D eigenvalue weighted by molar-refractivity contribution is -0.117. The second-order valence-corrected chi connectivity index (χ2v) is 9.23. The number of nitrogens with one attached hydrogen (secondary N) is 1. The Labute approximate surface area is 155 Å². The SMILES string of the molecule is CC(C)(C)c1ccc(S(=O)(=O)Nc2ccccc2N2CCCC2=O)cc1. The quantitative estimate of drug-likeness (QED) is 0.885. The Bertz CT molecular complexity index is 913. The predicted molar refractivity (Wildman–Crippen MR) is 104 cm³/mol. The van der Waals surface area contributed by atoms with Gasteiger partial charge in [0.05, 0.1) is 16.3 Å². The Morgan fingerprint density at radius 1 is 1.00 bits per heavy atom. The summed E-state index contributed by atoms with van der Waals surface area (Å²) in [5.74, 6) is 0.0196. The van der Waals surface area contributed by atoms with Crippen molar-refractivity contribution in [2.24, 2.45) is 0 Å². The lowest BCUT2D eigenvalue weighted by atomic mass is 9.87. The minimum atomic E-state index is -3.73. The summed E-state index contributed by atoms with van der Waals surface area (Å²) in [6.45, 7) is 6.85. The van der Waals surface area contributed by atoms with Crippen LogP contribution in [0.4, 0.5) is 11.4 Å². The fourth-order valence-electron chi connectivity index (χ4n) is 3.04. The van der Waals surface area contributed by atoms with E-state index >= 15 is 0 Å². The molecule has 6 heteroatoms. The van der Waals surface area contributed by atoms with Crippen molar-refractivity contribution in [3.8, 4) is 0 Å². The standard InChI is InChI=1S/C20H24N2O3S/c1-20(2,3)15-10-12-16(13-11-15)26(24,25)21-17-7-4-5-8-18(17)22-14-6-9-19(22)23/h4-5,7-8,10-13,21H,6,9,14H2,1-3H3. The molecule has 1 fully saturated rings. The van der Waals surface area contributed by atoms with Crippen LogP contribution in [-0.4, -0.2) is 20.9 Å². The van der Waals surface area contributed by atoms with E-state index in [-0.39, 0.29) is 16.2 Å². The molecule has 0 saturated carbocycles. The highest BCUT2D eigenvalue weighted by Gasteiger charge is 2.25. The van der Waals surface area contributed by atoms with E-state index in [1.807, 2.05) is 12.1 Å². The van der Waals surface area contributed by atoms with Crippen LogP contribution < -0.4 is 9.62 Å². The summed E-state index contributed by atoms with van der Waals surface area (Å²) >= 11 is 0. The zero-order valence-electron chi connectivity index (χ0n) is 15.3. The fourth-order valence-corrected chi connectivity index (χ4v) is 4.11. The molecule has 1 saturated heterocycles. The van der Waals surface area contributed by atoms with Gasteiger partial charge in [0.25, 0.3) is 10.0 Å². The third-order valence-corrected chi connectivity index (χ3v) is 5.92. The molecule has 0 spiro atoms. The first-order chi connectivity index (χ1) is 12.2. The fraction of sp³-hybridized carbons (Fsp3) is 0.350. The first kappa shape index (κ1) is 18.5. The Morgan fingerprint density at radius 2 is 1.65 bits per heavy atom. The van der Waals surface area contributed by atoms with Crippen LogP contribution in [0, 0.1) is 0 Å². The van der Waals surface area contributed by atoms with Crippen LogP contribution in [-0.2, 0) is 20.2 Å². The lowest BCUT2D eigenvalue weighted by Gasteiger charge is -2.21. The molecular formula is C20H24N2O3S. The van der Waals surface area contributed by atoms with E-state index in [0.717, 1.165) is 12.0 Å². The van der Waals surface area contributed by atoms with E-state index in [2.05, 4.69) is 25.5 Å². The number of hydrogen-bond acceptors (Lipinski definition) is 3. The number of amides is 1. The highest BCUT2D eigenvalue weighted by Crippen LogP contribution is 2.31. The maximum Gasteiger partial charge on any atom is 0.261 e. The van der Waals surface area contributed by atoms with Crippen molar-refractivity contribution in [1.82, 2.24) is 0 Å². The van der Waals surface area contributed by atoms with Crippen LogP contribution in [0.2, 0.25) is 0 Å². The lowest BCUT2D eigenvalue weighted by Crippen LogP contribution is -2.25. The van der Waals surface area contributed by atoms with Crippen molar-refractivity contribution in [1.29, 1.82) is 0 Å². The van der Waals surface area contributed by atoms with Crippen LogP contribution >= 0.6 is 0 Å². The van der Waals surface area contributed by atoms with Gasteiger partial charge in [-0.1, -0.05) is 45.0 Å². The topological polar surface area (TPSA) is 66.5 Å². The van der Waals surface area contributed by atoms with E-state index in [1.54, 1.807) is 41.3 Å². The second kappa shape index (κ2) is 6.76. The van der Waals surface area contributed by atoms with E-state index in [1.165, 1.54) is 0 Å². The molecule has 3 rings (SSSR count). The maximum atomic E-state index is 12.8. The van der Waals surface area contributed by atoms with E-state index < -0.39 is 10.0 Å². The summed E-state index contributed by atoms with van der Waals surface area (Å²) in [5.41, 5.74) is 2.05. The zero-order chi connectivity index (χ0) is 18.9. The molecule has 0 aromatic heterocycles. The minimum absolute atomic E-state index is 0.0196. The van der Waals surface area contributed by atoms with Gasteiger partial charge < -0.3 is 4.90 Å². The molecule has 1 N–H and O–H groups in total. The van der Waals surface area contributed by atoms with Crippen molar-refractivity contribution in [2.45, 2.75) is 43.9 Å². The Balaban J connectivity index is 1.90. The van der Waals surface area contributed by atoms with Gasteiger partial charge in [-0.05, 0) is 41.7 Å². The third kappa shape index (κ3) is 3.75. The molecular weight excluding hydrogens is 348 g/mol. The van der Waals surface area contributed by atoms with Gasteiger partial charge in [-0.15, -0.1) is 0 Å². The molecule has 1 amide bonds. The van der Waals surface area contributed by atoms with Gasteiger partial charge in [0.2, 0.25) is 5.91 Å². The second-order valence-electron chi connectivity index (χ2n) is 7.55. The molecule has 1 aliphatic heterocycles. The Morgan fingerprint density at radius 3 is 2.23 bits per heavy atom. The molecule has 0 bridgehead atoms. The van der Waals surface area contributed by atoms with Gasteiger partial charge in [0.15, 0.2) is 0 Å². The van der Waals surface area contributed by atoms with Gasteiger partial charge >= 0.3 is 0 Å². The molecule has 26 heavy (non-hydrogen) atoms. The van der Waals surface area contributed by atoms with Crippen molar-refractivity contribution in [3.05, 3.63) is 54.1 Å². The number of carbonyl (C=O) groups is 1. The van der Waals surface area contributed by atoms with Crippen molar-refractivity contribution < 1.29 is 13.2 Å². The molecule has 1 heterocycles. The highest BCUT2D eigenvalue weighted by molar-refractivity contribution is 7.92. The van der Waals surface area contributed by atoms with Crippen molar-refractivity contribution >= 4 is 27.3 Å². The third-order valence-electron chi connectivity index (χ3n) is 4.54. The van der Waals surface area contributed by atoms with Crippen LogP contribution in [0.5, 0.6) is 0 Å². The normalized spacial score (nSPS) is 15.3. The predicted octanol–water partition coefficient (Wildman–Crippen LogP) is 3.91. The number of anilines is 2. The summed E-state index contributed by atoms with van der Waals surface area (Å²) in [4.78, 5) is 13.9. The Hall–Kier alpha value is -2.34. The van der Waals surface area contributed by atoms with Crippen LogP contribution in [0.1, 0.15) is 39.2 Å². The molecule has 1 aliphatic rings. The van der Waals surface area contributed by atoms with Crippen LogP contribution in [0.25, 0.3) is 0 Å². The first-order valence-corrected chi connectivity index (χ1v) is 10.2. The molecule has 0 atom stereocenters. The smallest absolute Gasteiger partial charge is 0.261 e. The average Bonchev–Trinajstić information content (AvgIpc) is 3.00. The molecule has 0 unspecified atom stereocenters. The molecule has 0 radical (unpaired) electrons. The summed E-state index contributed by atoms with van der Waals surface area (Å²) in [7, 11) is -3.73. The van der Waals surface area contributed by atoms with E-state index in [0.29, 0.717) is 24.3 Å². The van der Waals surface area contributed by atoms with Gasteiger partial charge in [0, 0.05) is 13.0 Å².